The van der Waals surface area contributed by atoms with Gasteiger partial charge in [0.1, 0.15) is 5.69 Å². The van der Waals surface area contributed by atoms with Crippen molar-refractivity contribution in [2.75, 3.05) is 5.73 Å². The van der Waals surface area contributed by atoms with Gasteiger partial charge in [-0.15, -0.1) is 0 Å². The van der Waals surface area contributed by atoms with Crippen LogP contribution in [0.25, 0.3) is 0 Å². The van der Waals surface area contributed by atoms with Crippen LogP contribution in [0.5, 0.6) is 0 Å². The van der Waals surface area contributed by atoms with E-state index in [0.717, 1.165) is 0 Å². The quantitative estimate of drug-likeness (QED) is 0.476. The number of fused-ring (bicyclic) bond motifs is 1. The van der Waals surface area contributed by atoms with Crippen LogP contribution in [0.15, 0.2) is 6.20 Å². The highest BCUT2D eigenvalue weighted by Gasteiger charge is 2.28. The van der Waals surface area contributed by atoms with Gasteiger partial charge in [0.2, 0.25) is 5.95 Å². The second-order valence-electron chi connectivity index (χ2n) is 2.27. The van der Waals surface area contributed by atoms with Crippen LogP contribution in [-0.2, 0) is 0 Å². The van der Waals surface area contributed by atoms with Crippen molar-refractivity contribution in [2.24, 2.45) is 0 Å². The van der Waals surface area contributed by atoms with Crippen molar-refractivity contribution < 1.29 is 9.59 Å². The third-order valence-electron chi connectivity index (χ3n) is 1.49. The molecular formula is C6H4N4O2. The summed E-state index contributed by atoms with van der Waals surface area (Å²) in [6.45, 7) is 0. The molecule has 1 aliphatic heterocycles. The van der Waals surface area contributed by atoms with E-state index in [4.69, 9.17) is 5.73 Å². The minimum atomic E-state index is -0.524. The molecular weight excluding hydrogens is 160 g/mol. The van der Waals surface area contributed by atoms with Gasteiger partial charge in [0.25, 0.3) is 11.8 Å². The smallest absolute Gasteiger partial charge is 0.277 e. The van der Waals surface area contributed by atoms with Gasteiger partial charge >= 0.3 is 0 Å². The number of hydrogen-bond donors (Lipinski definition) is 2. The van der Waals surface area contributed by atoms with Crippen molar-refractivity contribution in [1.29, 1.82) is 0 Å². The number of imide groups is 1. The molecule has 0 atom stereocenters. The molecule has 12 heavy (non-hydrogen) atoms. The van der Waals surface area contributed by atoms with Gasteiger partial charge in [-0.05, 0) is 0 Å². The molecule has 1 aromatic heterocycles. The Morgan fingerprint density at radius 2 is 2.08 bits per heavy atom. The van der Waals surface area contributed by atoms with E-state index in [-0.39, 0.29) is 17.2 Å². The zero-order valence-electron chi connectivity index (χ0n) is 5.87. The van der Waals surface area contributed by atoms with E-state index < -0.39 is 11.8 Å². The molecule has 0 spiro atoms. The molecule has 0 aliphatic carbocycles. The number of nitrogens with zero attached hydrogens (tertiary/aromatic N) is 2. The lowest BCUT2D eigenvalue weighted by atomic mass is 10.3. The molecule has 1 aromatic rings. The third kappa shape index (κ3) is 0.746. The average Bonchev–Trinajstić information content (AvgIpc) is 2.28. The van der Waals surface area contributed by atoms with E-state index in [1.165, 1.54) is 6.20 Å². The minimum absolute atomic E-state index is 0.0152. The molecule has 0 aromatic carbocycles. The third-order valence-corrected chi connectivity index (χ3v) is 1.49. The van der Waals surface area contributed by atoms with Crippen LogP contribution in [0.1, 0.15) is 20.8 Å². The maximum Gasteiger partial charge on any atom is 0.277 e. The molecule has 0 radical (unpaired) electrons. The lowest BCUT2D eigenvalue weighted by Gasteiger charge is -1.92. The zero-order valence-corrected chi connectivity index (χ0v) is 5.87. The van der Waals surface area contributed by atoms with Gasteiger partial charge in [-0.3, -0.25) is 14.9 Å². The average molecular weight is 164 g/mol. The van der Waals surface area contributed by atoms with Gasteiger partial charge in [-0.25, -0.2) is 9.97 Å². The molecule has 1 aliphatic rings. The highest BCUT2D eigenvalue weighted by atomic mass is 16.2. The topological polar surface area (TPSA) is 98.0 Å². The fraction of sp³-hybridized carbons (Fsp3) is 0. The Hall–Kier alpha value is -1.98. The standard InChI is InChI=1S/C6H4N4O2/c7-6-8-1-2-3(9-6)5(12)10-4(2)11/h1H,(H2,7,8,9)(H,10,11,12). The predicted octanol–water partition coefficient (Wildman–Crippen LogP) is -1.06. The Morgan fingerprint density at radius 1 is 1.33 bits per heavy atom. The van der Waals surface area contributed by atoms with Gasteiger partial charge in [0.05, 0.1) is 5.56 Å². The van der Waals surface area contributed by atoms with Crippen LogP contribution >= 0.6 is 0 Å². The van der Waals surface area contributed by atoms with Crippen LogP contribution in [-0.4, -0.2) is 21.8 Å². The Labute approximate surface area is 66.8 Å². The van der Waals surface area contributed by atoms with Crippen LogP contribution < -0.4 is 11.1 Å². The van der Waals surface area contributed by atoms with Crippen molar-refractivity contribution in [1.82, 2.24) is 15.3 Å². The van der Waals surface area contributed by atoms with Gasteiger partial charge in [-0.2, -0.15) is 0 Å². The summed E-state index contributed by atoms with van der Waals surface area (Å²) in [5.41, 5.74) is 5.45. The van der Waals surface area contributed by atoms with Crippen molar-refractivity contribution in [2.45, 2.75) is 0 Å². The highest BCUT2D eigenvalue weighted by Crippen LogP contribution is 2.11. The summed E-state index contributed by atoms with van der Waals surface area (Å²) in [6, 6.07) is 0. The number of hydrogen-bond acceptors (Lipinski definition) is 5. The maximum atomic E-state index is 11.0. The lowest BCUT2D eigenvalue weighted by molar-refractivity contribution is 0.0878. The number of carbonyl (C=O) groups excluding carboxylic acids is 2. The lowest BCUT2D eigenvalue weighted by Crippen LogP contribution is -2.20. The van der Waals surface area contributed by atoms with Gasteiger partial charge in [-0.1, -0.05) is 0 Å². The molecule has 0 saturated heterocycles. The summed E-state index contributed by atoms with van der Waals surface area (Å²) < 4.78 is 0. The molecule has 6 nitrogen and oxygen atoms in total. The van der Waals surface area contributed by atoms with E-state index in [1.807, 2.05) is 0 Å². The van der Waals surface area contributed by atoms with E-state index in [1.54, 1.807) is 0 Å². The molecule has 2 rings (SSSR count). The number of anilines is 1. The molecule has 0 fully saturated rings. The fourth-order valence-corrected chi connectivity index (χ4v) is 0.964. The highest BCUT2D eigenvalue weighted by molar-refractivity contribution is 6.20. The maximum absolute atomic E-state index is 11.0. The number of carbonyl (C=O) groups is 2. The number of aromatic nitrogens is 2. The Morgan fingerprint density at radius 3 is 2.83 bits per heavy atom. The summed E-state index contributed by atoms with van der Waals surface area (Å²) in [5, 5.41) is 2.07. The summed E-state index contributed by atoms with van der Waals surface area (Å²) >= 11 is 0. The van der Waals surface area contributed by atoms with Crippen molar-refractivity contribution in [3.63, 3.8) is 0 Å². The second-order valence-corrected chi connectivity index (χ2v) is 2.27. The number of nitrogens with one attached hydrogen (secondary N) is 1. The van der Waals surface area contributed by atoms with Crippen molar-refractivity contribution in [3.05, 3.63) is 17.5 Å². The Bertz CT molecular complexity index is 387. The van der Waals surface area contributed by atoms with Crippen LogP contribution in [0.4, 0.5) is 5.95 Å². The Balaban J connectivity index is 2.68. The van der Waals surface area contributed by atoms with E-state index in [9.17, 15) is 9.59 Å². The molecule has 2 amide bonds. The van der Waals surface area contributed by atoms with Crippen molar-refractivity contribution >= 4 is 17.8 Å². The molecule has 0 saturated carbocycles. The monoisotopic (exact) mass is 164 g/mol. The largest absolute Gasteiger partial charge is 0.368 e. The summed E-state index contributed by atoms with van der Waals surface area (Å²) in [5.74, 6) is -1.02. The number of nitrogens with two attached hydrogens (primary N) is 1. The summed E-state index contributed by atoms with van der Waals surface area (Å²) in [6.07, 6.45) is 1.23. The van der Waals surface area contributed by atoms with Crippen LogP contribution in [0.2, 0.25) is 0 Å². The summed E-state index contributed by atoms with van der Waals surface area (Å²) in [7, 11) is 0. The second kappa shape index (κ2) is 2.00. The van der Waals surface area contributed by atoms with Crippen molar-refractivity contribution in [3.8, 4) is 0 Å². The number of rotatable bonds is 0. The predicted molar refractivity (Wildman–Crippen MR) is 38.2 cm³/mol. The first kappa shape index (κ1) is 6.71. The molecule has 0 bridgehead atoms. The first-order chi connectivity index (χ1) is 5.68. The fourth-order valence-electron chi connectivity index (χ4n) is 0.964. The van der Waals surface area contributed by atoms with E-state index in [0.29, 0.717) is 0 Å². The minimum Gasteiger partial charge on any atom is -0.368 e. The first-order valence-corrected chi connectivity index (χ1v) is 3.16. The van der Waals surface area contributed by atoms with E-state index in [2.05, 4.69) is 15.3 Å². The zero-order chi connectivity index (χ0) is 8.72. The van der Waals surface area contributed by atoms with E-state index >= 15 is 0 Å². The molecule has 60 valence electrons. The number of amides is 2. The molecule has 2 heterocycles. The number of nitrogen functional groups attached to an aromatic ring is 1. The van der Waals surface area contributed by atoms with Gasteiger partial charge in [0.15, 0.2) is 0 Å². The molecule has 6 heteroatoms. The van der Waals surface area contributed by atoms with Crippen LogP contribution in [0, 0.1) is 0 Å². The first-order valence-electron chi connectivity index (χ1n) is 3.16. The normalized spacial score (nSPS) is 14.3. The summed E-state index contributed by atoms with van der Waals surface area (Å²) in [4.78, 5) is 29.1. The SMILES string of the molecule is Nc1ncc2c(n1)C(=O)NC2=O. The molecule has 0 unspecified atom stereocenters. The van der Waals surface area contributed by atoms with Gasteiger partial charge < -0.3 is 5.73 Å². The van der Waals surface area contributed by atoms with Crippen LogP contribution in [0.3, 0.4) is 0 Å². The Kier molecular flexibility index (Phi) is 1.12. The van der Waals surface area contributed by atoms with Gasteiger partial charge in [0, 0.05) is 6.20 Å². The molecule has 3 N–H and O–H groups in total.